The van der Waals surface area contributed by atoms with E-state index in [1.807, 2.05) is 30.3 Å². The number of anilines is 2. The quantitative estimate of drug-likeness (QED) is 0.428. The number of fused-ring (bicyclic) bond motifs is 1. The van der Waals surface area contributed by atoms with Gasteiger partial charge in [-0.15, -0.1) is 0 Å². The fraction of sp³-hybridized carbons (Fsp3) is 0. The van der Waals surface area contributed by atoms with E-state index in [1.165, 1.54) is 12.1 Å². The predicted molar refractivity (Wildman–Crippen MR) is 82.0 cm³/mol. The van der Waals surface area contributed by atoms with E-state index >= 15 is 0 Å². The van der Waals surface area contributed by atoms with Crippen molar-refractivity contribution in [3.63, 3.8) is 0 Å². The van der Waals surface area contributed by atoms with Gasteiger partial charge >= 0.3 is 0 Å². The molecule has 0 spiro atoms. The molecule has 0 aliphatic heterocycles. The molecule has 3 aromatic rings. The largest absolute Gasteiger partial charge is 0.506 e. The van der Waals surface area contributed by atoms with Crippen LogP contribution in [0.1, 0.15) is 0 Å². The van der Waals surface area contributed by atoms with Gasteiger partial charge in [-0.25, -0.2) is 0 Å². The van der Waals surface area contributed by atoms with Crippen LogP contribution < -0.4 is 5.32 Å². The molecule has 0 aliphatic carbocycles. The van der Waals surface area contributed by atoms with Crippen LogP contribution in [0.25, 0.3) is 10.8 Å². The molecule has 0 aliphatic rings. The highest BCUT2D eigenvalue weighted by Crippen LogP contribution is 2.34. The molecule has 5 heteroatoms. The summed E-state index contributed by atoms with van der Waals surface area (Å²) in [5, 5.41) is 25.7. The molecule has 0 atom stereocenters. The summed E-state index contributed by atoms with van der Waals surface area (Å²) in [6, 6.07) is 17.2. The molecule has 2 N–H and O–H groups in total. The first kappa shape index (κ1) is 12.9. The molecule has 0 fully saturated rings. The van der Waals surface area contributed by atoms with Gasteiger partial charge in [0.2, 0.25) is 0 Å². The van der Waals surface area contributed by atoms with E-state index < -0.39 is 4.92 Å². The second-order valence-corrected chi connectivity index (χ2v) is 4.61. The van der Waals surface area contributed by atoms with Crippen LogP contribution in [0.15, 0.2) is 60.7 Å². The molecule has 0 radical (unpaired) electrons. The number of hydrogen-bond donors (Lipinski definition) is 2. The van der Waals surface area contributed by atoms with Gasteiger partial charge in [0.1, 0.15) is 5.75 Å². The minimum atomic E-state index is -0.445. The van der Waals surface area contributed by atoms with Gasteiger partial charge in [0.05, 0.1) is 10.6 Å². The Morgan fingerprint density at radius 3 is 2.38 bits per heavy atom. The summed E-state index contributed by atoms with van der Waals surface area (Å²) < 4.78 is 0. The van der Waals surface area contributed by atoms with Gasteiger partial charge in [-0.05, 0) is 23.6 Å². The standard InChI is InChI=1S/C16H12N2O3/c19-15-10-5-11-3-1-2-4-14(11)16(15)17-12-6-8-13(9-7-12)18(20)21/h1-10,17,19H. The highest BCUT2D eigenvalue weighted by molar-refractivity contribution is 5.98. The summed E-state index contributed by atoms with van der Waals surface area (Å²) in [5.41, 5.74) is 1.29. The fourth-order valence-electron chi connectivity index (χ4n) is 2.20. The average Bonchev–Trinajstić information content (AvgIpc) is 2.51. The molecular formula is C16H12N2O3. The maximum absolute atomic E-state index is 10.6. The lowest BCUT2D eigenvalue weighted by Gasteiger charge is -2.11. The minimum Gasteiger partial charge on any atom is -0.506 e. The van der Waals surface area contributed by atoms with Crippen molar-refractivity contribution in [3.8, 4) is 5.75 Å². The van der Waals surface area contributed by atoms with Crippen LogP contribution >= 0.6 is 0 Å². The third-order valence-corrected chi connectivity index (χ3v) is 3.25. The zero-order valence-electron chi connectivity index (χ0n) is 11.0. The van der Waals surface area contributed by atoms with Crippen molar-refractivity contribution in [2.45, 2.75) is 0 Å². The molecule has 21 heavy (non-hydrogen) atoms. The Labute approximate surface area is 120 Å². The number of rotatable bonds is 3. The van der Waals surface area contributed by atoms with Gasteiger partial charge in [0.25, 0.3) is 5.69 Å². The molecule has 0 saturated heterocycles. The molecule has 104 valence electrons. The van der Waals surface area contributed by atoms with Crippen LogP contribution in [-0.4, -0.2) is 10.0 Å². The summed E-state index contributed by atoms with van der Waals surface area (Å²) in [7, 11) is 0. The SMILES string of the molecule is O=[N+]([O-])c1ccc(Nc2c(O)ccc3ccccc23)cc1. The molecule has 0 saturated carbocycles. The Kier molecular flexibility index (Phi) is 3.16. The lowest BCUT2D eigenvalue weighted by molar-refractivity contribution is -0.384. The highest BCUT2D eigenvalue weighted by Gasteiger charge is 2.08. The average molecular weight is 280 g/mol. The number of nitro benzene ring substituents is 1. The molecule has 0 aromatic heterocycles. The predicted octanol–water partition coefficient (Wildman–Crippen LogP) is 4.20. The Hall–Kier alpha value is -3.08. The Morgan fingerprint density at radius 1 is 0.952 bits per heavy atom. The van der Waals surface area contributed by atoms with E-state index in [0.29, 0.717) is 11.4 Å². The number of phenolic OH excluding ortho intramolecular Hbond substituents is 1. The third-order valence-electron chi connectivity index (χ3n) is 3.25. The zero-order valence-corrected chi connectivity index (χ0v) is 11.0. The van der Waals surface area contributed by atoms with Crippen molar-refractivity contribution in [1.29, 1.82) is 0 Å². The van der Waals surface area contributed by atoms with Crippen LogP contribution in [0, 0.1) is 10.1 Å². The van der Waals surface area contributed by atoms with Crippen molar-refractivity contribution >= 4 is 27.8 Å². The summed E-state index contributed by atoms with van der Waals surface area (Å²) in [6.45, 7) is 0. The van der Waals surface area contributed by atoms with E-state index in [9.17, 15) is 15.2 Å². The van der Waals surface area contributed by atoms with Crippen LogP contribution in [0.2, 0.25) is 0 Å². The lowest BCUT2D eigenvalue weighted by atomic mass is 10.1. The van der Waals surface area contributed by atoms with Gasteiger partial charge < -0.3 is 10.4 Å². The molecule has 0 amide bonds. The van der Waals surface area contributed by atoms with Gasteiger partial charge in [-0.1, -0.05) is 30.3 Å². The number of nitrogens with one attached hydrogen (secondary N) is 1. The van der Waals surface area contributed by atoms with E-state index in [4.69, 9.17) is 0 Å². The van der Waals surface area contributed by atoms with Crippen LogP contribution in [0.5, 0.6) is 5.75 Å². The van der Waals surface area contributed by atoms with E-state index in [1.54, 1.807) is 18.2 Å². The summed E-state index contributed by atoms with van der Waals surface area (Å²) in [5.74, 6) is 0.132. The van der Waals surface area contributed by atoms with Gasteiger partial charge in [0.15, 0.2) is 0 Å². The van der Waals surface area contributed by atoms with Gasteiger partial charge in [-0.2, -0.15) is 0 Å². The Morgan fingerprint density at radius 2 is 1.67 bits per heavy atom. The number of aromatic hydroxyl groups is 1. The third kappa shape index (κ3) is 2.49. The van der Waals surface area contributed by atoms with Gasteiger partial charge in [0, 0.05) is 23.2 Å². The molecule has 3 aromatic carbocycles. The molecule has 0 bridgehead atoms. The van der Waals surface area contributed by atoms with Crippen LogP contribution in [-0.2, 0) is 0 Å². The molecule has 3 rings (SSSR count). The minimum absolute atomic E-state index is 0.0303. The first-order valence-electron chi connectivity index (χ1n) is 6.37. The maximum Gasteiger partial charge on any atom is 0.269 e. The number of benzene rings is 3. The molecule has 5 nitrogen and oxygen atoms in total. The van der Waals surface area contributed by atoms with E-state index in [-0.39, 0.29) is 11.4 Å². The normalized spacial score (nSPS) is 10.5. The van der Waals surface area contributed by atoms with E-state index in [0.717, 1.165) is 10.8 Å². The number of nitrogens with zero attached hydrogens (tertiary/aromatic N) is 1. The number of hydrogen-bond acceptors (Lipinski definition) is 4. The van der Waals surface area contributed by atoms with Crippen molar-refractivity contribution in [2.75, 3.05) is 5.32 Å². The summed E-state index contributed by atoms with van der Waals surface area (Å²) in [6.07, 6.45) is 0. The highest BCUT2D eigenvalue weighted by atomic mass is 16.6. The fourth-order valence-corrected chi connectivity index (χ4v) is 2.20. The van der Waals surface area contributed by atoms with Crippen molar-refractivity contribution in [3.05, 3.63) is 70.8 Å². The zero-order chi connectivity index (χ0) is 14.8. The van der Waals surface area contributed by atoms with Gasteiger partial charge in [-0.3, -0.25) is 10.1 Å². The first-order valence-corrected chi connectivity index (χ1v) is 6.37. The Bertz CT molecular complexity index is 813. The molecule has 0 unspecified atom stereocenters. The topological polar surface area (TPSA) is 75.4 Å². The summed E-state index contributed by atoms with van der Waals surface area (Å²) in [4.78, 5) is 10.2. The van der Waals surface area contributed by atoms with Crippen LogP contribution in [0.4, 0.5) is 17.1 Å². The first-order chi connectivity index (χ1) is 10.1. The summed E-state index contributed by atoms with van der Waals surface area (Å²) >= 11 is 0. The molecular weight excluding hydrogens is 268 g/mol. The van der Waals surface area contributed by atoms with Crippen LogP contribution in [0.3, 0.4) is 0 Å². The smallest absolute Gasteiger partial charge is 0.269 e. The van der Waals surface area contributed by atoms with Crippen molar-refractivity contribution in [2.24, 2.45) is 0 Å². The number of non-ortho nitro benzene ring substituents is 1. The van der Waals surface area contributed by atoms with Crippen molar-refractivity contribution in [1.82, 2.24) is 0 Å². The monoisotopic (exact) mass is 280 g/mol. The molecule has 0 heterocycles. The number of nitro groups is 1. The lowest BCUT2D eigenvalue weighted by Crippen LogP contribution is -1.93. The Balaban J connectivity index is 2.01. The number of phenols is 1. The second kappa shape index (κ2) is 5.13. The van der Waals surface area contributed by atoms with E-state index in [2.05, 4.69) is 5.32 Å². The second-order valence-electron chi connectivity index (χ2n) is 4.61. The van der Waals surface area contributed by atoms with Crippen molar-refractivity contribution < 1.29 is 10.0 Å². The maximum atomic E-state index is 10.6.